The van der Waals surface area contributed by atoms with Gasteiger partial charge in [-0.15, -0.1) is 0 Å². The second-order valence-corrected chi connectivity index (χ2v) is 21.5. The lowest BCUT2D eigenvalue weighted by atomic mass is 9.47. The highest BCUT2D eigenvalue weighted by atomic mass is 16.5. The molecule has 0 unspecified atom stereocenters. The summed E-state index contributed by atoms with van der Waals surface area (Å²) in [6.07, 6.45) is 13.2. The fraction of sp³-hybridized carbons (Fsp3) is 0.517. The summed E-state index contributed by atoms with van der Waals surface area (Å²) >= 11 is 0. The Morgan fingerprint density at radius 2 is 1.51 bits per heavy atom. The van der Waals surface area contributed by atoms with Crippen LogP contribution < -0.4 is 34.3 Å². The lowest BCUT2D eigenvalue weighted by Gasteiger charge is -2.61. The van der Waals surface area contributed by atoms with Gasteiger partial charge >= 0.3 is 0 Å². The fourth-order valence-electron chi connectivity index (χ4n) is 14.9. The molecule has 1 spiro atoms. The summed E-state index contributed by atoms with van der Waals surface area (Å²) in [7, 11) is 3.12. The van der Waals surface area contributed by atoms with Crippen molar-refractivity contribution in [3.8, 4) is 45.6 Å². The Morgan fingerprint density at radius 3 is 2.22 bits per heavy atom. The predicted molar refractivity (Wildman–Crippen MR) is 271 cm³/mol. The first kappa shape index (κ1) is 48.5. The van der Waals surface area contributed by atoms with Crippen LogP contribution in [-0.2, 0) is 27.8 Å². The summed E-state index contributed by atoms with van der Waals surface area (Å²) in [6.45, 7) is 2.91. The van der Waals surface area contributed by atoms with E-state index in [4.69, 9.17) is 23.7 Å². The number of nitrogens with zero attached hydrogens (tertiary/aromatic N) is 1. The van der Waals surface area contributed by atoms with Crippen molar-refractivity contribution in [2.24, 2.45) is 17.3 Å². The standard InChI is InChI=1S/C58H69N3O11/c1-4-59-33-72-43-28-41(68-2)37-15-16-38-49-40(60-55(67)52(43)51(37)49)27-42-50(38)53(65)39(32-71-42)34-25-44(69-3)54(66)45(26-34)70-31-36(30-62)57(35-13-7-5-8-14-35)24-23-56(19-11-12-20-56)46(29-57)58(21-9-6-10-22-58)61-47(63)17-18-48(61)64/h5,7-8,13-14,17-18,25-28,36,39,46,53,55,59-60,62,65-67H,4,6,9-12,15-16,19-24,29-33H2,1-3H3/t36-,39-,46-,53-,55+,57-/m0/s1. The van der Waals surface area contributed by atoms with Gasteiger partial charge in [0.2, 0.25) is 5.75 Å². The first-order valence-electron chi connectivity index (χ1n) is 26.3. The van der Waals surface area contributed by atoms with Crippen molar-refractivity contribution in [3.63, 3.8) is 0 Å². The lowest BCUT2D eigenvalue weighted by Crippen LogP contribution is -2.64. The molecule has 0 radical (unpaired) electrons. The van der Waals surface area contributed by atoms with Crippen molar-refractivity contribution in [2.75, 3.05) is 52.6 Å². The van der Waals surface area contributed by atoms with E-state index < -0.39 is 35.1 Å². The van der Waals surface area contributed by atoms with Gasteiger partial charge in [-0.25, -0.2) is 0 Å². The Bertz CT molecular complexity index is 2750. The molecule has 0 saturated heterocycles. The van der Waals surface area contributed by atoms with Crippen molar-refractivity contribution in [2.45, 2.75) is 126 Å². The van der Waals surface area contributed by atoms with E-state index in [0.717, 1.165) is 98.4 Å². The third-order valence-corrected chi connectivity index (χ3v) is 18.3. The third kappa shape index (κ3) is 7.72. The number of phenols is 1. The van der Waals surface area contributed by atoms with Crippen LogP contribution in [0.1, 0.15) is 136 Å². The van der Waals surface area contributed by atoms with E-state index in [2.05, 4.69) is 22.8 Å². The first-order chi connectivity index (χ1) is 35.0. The number of hydrogen-bond acceptors (Lipinski definition) is 13. The van der Waals surface area contributed by atoms with Crippen molar-refractivity contribution in [1.82, 2.24) is 10.2 Å². The van der Waals surface area contributed by atoms with E-state index in [1.54, 1.807) is 24.1 Å². The van der Waals surface area contributed by atoms with Crippen molar-refractivity contribution in [3.05, 3.63) is 100 Å². The average Bonchev–Trinajstić information content (AvgIpc) is 4.02. The van der Waals surface area contributed by atoms with Gasteiger partial charge in [0.1, 0.15) is 24.0 Å². The van der Waals surface area contributed by atoms with Crippen LogP contribution in [0.15, 0.2) is 66.7 Å². The Kier molecular flexibility index (Phi) is 12.9. The molecule has 2 amide bonds. The molecule has 4 aliphatic carbocycles. The minimum absolute atomic E-state index is 0.00774. The first-order valence-corrected chi connectivity index (χ1v) is 26.3. The molecule has 6 atom stereocenters. The van der Waals surface area contributed by atoms with Crippen molar-refractivity contribution >= 4 is 17.5 Å². The van der Waals surface area contributed by atoms with Crippen LogP contribution in [0.3, 0.4) is 0 Å². The number of carbonyl (C=O) groups is 2. The summed E-state index contributed by atoms with van der Waals surface area (Å²) in [4.78, 5) is 29.3. The molecule has 11 rings (SSSR count). The van der Waals surface area contributed by atoms with Crippen LogP contribution in [0.4, 0.5) is 5.69 Å². The zero-order valence-corrected chi connectivity index (χ0v) is 41.8. The average molecular weight is 984 g/mol. The molecule has 3 saturated carbocycles. The second-order valence-electron chi connectivity index (χ2n) is 21.5. The molecule has 3 aliphatic heterocycles. The maximum atomic E-state index is 13.8. The minimum atomic E-state index is -1.06. The van der Waals surface area contributed by atoms with Gasteiger partial charge in [-0.1, -0.05) is 69.4 Å². The summed E-state index contributed by atoms with van der Waals surface area (Å²) in [5.41, 5.74) is 6.00. The van der Waals surface area contributed by atoms with Crippen molar-refractivity contribution < 1.29 is 53.7 Å². The zero-order chi connectivity index (χ0) is 49.9. The Balaban J connectivity index is 0.936. The van der Waals surface area contributed by atoms with Crippen LogP contribution in [0, 0.1) is 17.3 Å². The summed E-state index contributed by atoms with van der Waals surface area (Å²) in [5.74, 6) is 0.371. The number of nitrogens with one attached hydrogen (secondary N) is 2. The number of aliphatic hydroxyl groups is 3. The molecule has 14 nitrogen and oxygen atoms in total. The van der Waals surface area contributed by atoms with Gasteiger partial charge in [0.15, 0.2) is 17.7 Å². The van der Waals surface area contributed by atoms with Gasteiger partial charge in [0, 0.05) is 76.1 Å². The van der Waals surface area contributed by atoms with E-state index in [0.29, 0.717) is 65.4 Å². The number of anilines is 1. The van der Waals surface area contributed by atoms with Crippen LogP contribution in [0.2, 0.25) is 0 Å². The quantitative estimate of drug-likeness (QED) is 0.0378. The maximum absolute atomic E-state index is 13.8. The van der Waals surface area contributed by atoms with Gasteiger partial charge in [0.05, 0.1) is 44.6 Å². The number of hydrogen-bond donors (Lipinski definition) is 6. The molecule has 3 fully saturated rings. The molecule has 0 bridgehead atoms. The molecule has 6 N–H and O–H groups in total. The van der Waals surface area contributed by atoms with Gasteiger partial charge in [-0.2, -0.15) is 0 Å². The third-order valence-electron chi connectivity index (χ3n) is 18.3. The lowest BCUT2D eigenvalue weighted by molar-refractivity contribution is -0.158. The second kappa shape index (κ2) is 19.2. The normalized spacial score (nSPS) is 25.8. The Morgan fingerprint density at radius 1 is 0.806 bits per heavy atom. The highest BCUT2D eigenvalue weighted by Crippen LogP contribution is 2.65. The van der Waals surface area contributed by atoms with E-state index in [-0.39, 0.29) is 66.9 Å². The highest BCUT2D eigenvalue weighted by Gasteiger charge is 2.62. The van der Waals surface area contributed by atoms with Crippen LogP contribution >= 0.6 is 0 Å². The molecule has 4 aromatic rings. The molecular formula is C58H69N3O11. The number of carbonyl (C=O) groups excluding carboxylic acids is 2. The molecular weight excluding hydrogens is 915 g/mol. The van der Waals surface area contributed by atoms with E-state index in [1.165, 1.54) is 19.3 Å². The number of aliphatic hydroxyl groups excluding tert-OH is 3. The van der Waals surface area contributed by atoms with Gasteiger partial charge in [-0.3, -0.25) is 19.8 Å². The minimum Gasteiger partial charge on any atom is -0.502 e. The Hall–Kier alpha value is -5.80. The van der Waals surface area contributed by atoms with Gasteiger partial charge in [-0.05, 0) is 104 Å². The fourth-order valence-corrected chi connectivity index (χ4v) is 14.9. The molecule has 7 aliphatic rings. The maximum Gasteiger partial charge on any atom is 0.254 e. The van der Waals surface area contributed by atoms with E-state index in [9.17, 15) is 30.0 Å². The summed E-state index contributed by atoms with van der Waals surface area (Å²) < 4.78 is 31.2. The number of amides is 2. The number of benzene rings is 4. The number of fused-ring (bicyclic) bond motifs is 2. The topological polar surface area (TPSA) is 189 Å². The SMILES string of the molecule is CCNCOc1cc(OC)c2c3c1[C@@H](O)Nc1cc4c(c(c1-3)CC2)[C@@H](O)[C@H](c1cc(OC)c(O)c(OC[C@H](CO)[C@@]2(c3ccccc3)CCC3(CCCC3)[C@@H](C3(N5C(=O)C=CC5=O)CCCCC3)C2)c1)CO4. The largest absolute Gasteiger partial charge is 0.502 e. The molecule has 3 heterocycles. The van der Waals surface area contributed by atoms with E-state index in [1.807, 2.05) is 37.3 Å². The van der Waals surface area contributed by atoms with Gasteiger partial charge < -0.3 is 49.4 Å². The molecule has 382 valence electrons. The summed E-state index contributed by atoms with van der Waals surface area (Å²) in [6, 6.07) is 17.6. The monoisotopic (exact) mass is 983 g/mol. The van der Waals surface area contributed by atoms with Crippen LogP contribution in [-0.4, -0.2) is 90.0 Å². The van der Waals surface area contributed by atoms with Crippen LogP contribution in [0.5, 0.6) is 34.5 Å². The molecule has 0 aromatic heterocycles. The number of imide groups is 1. The van der Waals surface area contributed by atoms with Crippen LogP contribution in [0.25, 0.3) is 11.1 Å². The van der Waals surface area contributed by atoms with E-state index >= 15 is 0 Å². The molecule has 14 heteroatoms. The number of phenolic OH excluding ortho intramolecular Hbond substituents is 1. The number of methoxy groups -OCH3 is 2. The summed E-state index contributed by atoms with van der Waals surface area (Å²) in [5, 5.41) is 54.2. The smallest absolute Gasteiger partial charge is 0.254 e. The zero-order valence-electron chi connectivity index (χ0n) is 41.8. The highest BCUT2D eigenvalue weighted by molar-refractivity contribution is 6.13. The van der Waals surface area contributed by atoms with Gasteiger partial charge in [0.25, 0.3) is 11.8 Å². The number of rotatable bonds is 15. The predicted octanol–water partition coefficient (Wildman–Crippen LogP) is 8.66. The Labute approximate surface area is 421 Å². The number of aromatic hydroxyl groups is 1. The van der Waals surface area contributed by atoms with Crippen molar-refractivity contribution in [1.29, 1.82) is 0 Å². The molecule has 72 heavy (non-hydrogen) atoms. The molecule has 4 aromatic carbocycles. The number of ether oxygens (including phenoxy) is 5.